The summed E-state index contributed by atoms with van der Waals surface area (Å²) in [5.41, 5.74) is 7.07. The van der Waals surface area contributed by atoms with E-state index in [2.05, 4.69) is 22.4 Å². The highest BCUT2D eigenvalue weighted by atomic mass is 127. The number of ether oxygens (including phenoxy) is 2. The number of guanidine groups is 1. The van der Waals surface area contributed by atoms with Crippen molar-refractivity contribution < 1.29 is 9.47 Å². The van der Waals surface area contributed by atoms with E-state index in [0.29, 0.717) is 19.1 Å². The van der Waals surface area contributed by atoms with E-state index in [1.807, 2.05) is 19.1 Å². The molecular weight excluding hydrogens is 381 g/mol. The lowest BCUT2D eigenvalue weighted by atomic mass is 10.1. The molecule has 0 aromatic heterocycles. The summed E-state index contributed by atoms with van der Waals surface area (Å²) in [7, 11) is 3.34. The first kappa shape index (κ1) is 20.0. The zero-order chi connectivity index (χ0) is 14.8. The van der Waals surface area contributed by atoms with Gasteiger partial charge in [0.1, 0.15) is 5.75 Å². The van der Waals surface area contributed by atoms with Crippen LogP contribution in [0.3, 0.4) is 0 Å². The molecule has 5 nitrogen and oxygen atoms in total. The van der Waals surface area contributed by atoms with E-state index in [4.69, 9.17) is 15.2 Å². The number of benzene rings is 1. The van der Waals surface area contributed by atoms with Gasteiger partial charge in [-0.25, -0.2) is 0 Å². The van der Waals surface area contributed by atoms with Crippen molar-refractivity contribution in [1.82, 2.24) is 5.32 Å². The maximum atomic E-state index is 5.79. The van der Waals surface area contributed by atoms with Gasteiger partial charge in [-0.3, -0.25) is 4.99 Å². The first-order valence-electron chi connectivity index (χ1n) is 6.84. The molecule has 0 saturated heterocycles. The molecule has 0 amide bonds. The van der Waals surface area contributed by atoms with Crippen molar-refractivity contribution in [2.45, 2.75) is 25.8 Å². The fourth-order valence-corrected chi connectivity index (χ4v) is 1.86. The molecule has 1 unspecified atom stereocenters. The quantitative estimate of drug-likeness (QED) is 0.300. The molecule has 0 heterocycles. The third-order valence-corrected chi connectivity index (χ3v) is 2.88. The monoisotopic (exact) mass is 407 g/mol. The number of halogens is 1. The van der Waals surface area contributed by atoms with Crippen LogP contribution in [-0.4, -0.2) is 39.4 Å². The molecule has 0 aliphatic heterocycles. The van der Waals surface area contributed by atoms with Crippen LogP contribution in [0.2, 0.25) is 0 Å². The minimum Gasteiger partial charge on any atom is -0.497 e. The highest BCUT2D eigenvalue weighted by Gasteiger charge is 2.01. The SMILES string of the molecule is COCC(C)NC(N)=NCCCc1ccc(OC)cc1.I. The van der Waals surface area contributed by atoms with Crippen molar-refractivity contribution in [2.24, 2.45) is 10.7 Å². The number of aryl methyl sites for hydroxylation is 1. The normalized spacial score (nSPS) is 12.4. The van der Waals surface area contributed by atoms with Crippen LogP contribution in [-0.2, 0) is 11.2 Å². The topological polar surface area (TPSA) is 68.9 Å². The summed E-state index contributed by atoms with van der Waals surface area (Å²) in [5, 5.41) is 3.08. The Balaban J connectivity index is 0.00000400. The molecule has 6 heteroatoms. The minimum absolute atomic E-state index is 0. The fraction of sp³-hybridized carbons (Fsp3) is 0.533. The Bertz CT molecular complexity index is 410. The van der Waals surface area contributed by atoms with Gasteiger partial charge in [-0.1, -0.05) is 12.1 Å². The zero-order valence-corrected chi connectivity index (χ0v) is 15.3. The van der Waals surface area contributed by atoms with Crippen molar-refractivity contribution in [2.75, 3.05) is 27.4 Å². The molecule has 1 atom stereocenters. The number of aliphatic imine (C=N–C) groups is 1. The molecule has 0 aliphatic rings. The molecule has 0 bridgehead atoms. The second-order valence-corrected chi connectivity index (χ2v) is 4.72. The van der Waals surface area contributed by atoms with Gasteiger partial charge in [-0.2, -0.15) is 0 Å². The Morgan fingerprint density at radius 1 is 1.29 bits per heavy atom. The first-order chi connectivity index (χ1) is 9.65. The Labute approximate surface area is 144 Å². The summed E-state index contributed by atoms with van der Waals surface area (Å²) in [6, 6.07) is 8.27. The van der Waals surface area contributed by atoms with Crippen LogP contribution < -0.4 is 15.8 Å². The van der Waals surface area contributed by atoms with E-state index in [1.165, 1.54) is 5.56 Å². The van der Waals surface area contributed by atoms with Crippen LogP contribution in [0, 0.1) is 0 Å². The molecular formula is C15H26IN3O2. The van der Waals surface area contributed by atoms with Crippen LogP contribution in [0.1, 0.15) is 18.9 Å². The molecule has 21 heavy (non-hydrogen) atoms. The molecule has 0 aliphatic carbocycles. The second-order valence-electron chi connectivity index (χ2n) is 4.72. The number of rotatable bonds is 8. The molecule has 0 radical (unpaired) electrons. The molecule has 1 rings (SSSR count). The Hall–Kier alpha value is -1.02. The number of hydrogen-bond donors (Lipinski definition) is 2. The van der Waals surface area contributed by atoms with Gasteiger partial charge in [0.15, 0.2) is 5.96 Å². The van der Waals surface area contributed by atoms with E-state index >= 15 is 0 Å². The number of methoxy groups -OCH3 is 2. The third-order valence-electron chi connectivity index (χ3n) is 2.88. The number of nitrogens with zero attached hydrogens (tertiary/aromatic N) is 1. The Morgan fingerprint density at radius 3 is 2.52 bits per heavy atom. The molecule has 3 N–H and O–H groups in total. The lowest BCUT2D eigenvalue weighted by Crippen LogP contribution is -2.40. The summed E-state index contributed by atoms with van der Waals surface area (Å²) in [5.74, 6) is 1.36. The molecule has 120 valence electrons. The van der Waals surface area contributed by atoms with Crippen LogP contribution in [0.25, 0.3) is 0 Å². The molecule has 0 fully saturated rings. The van der Waals surface area contributed by atoms with E-state index in [-0.39, 0.29) is 30.0 Å². The zero-order valence-electron chi connectivity index (χ0n) is 13.0. The maximum Gasteiger partial charge on any atom is 0.188 e. The standard InChI is InChI=1S/C15H25N3O2.HI/c1-12(11-19-2)18-15(16)17-10-4-5-13-6-8-14(20-3)9-7-13;/h6-9,12H,4-5,10-11H2,1-3H3,(H3,16,17,18);1H. The average Bonchev–Trinajstić information content (AvgIpc) is 2.44. The van der Waals surface area contributed by atoms with Gasteiger partial charge in [0, 0.05) is 19.7 Å². The van der Waals surface area contributed by atoms with Crippen LogP contribution >= 0.6 is 24.0 Å². The van der Waals surface area contributed by atoms with Crippen molar-refractivity contribution in [3.8, 4) is 5.75 Å². The number of nitrogens with two attached hydrogens (primary N) is 1. The van der Waals surface area contributed by atoms with Gasteiger partial charge >= 0.3 is 0 Å². The first-order valence-corrected chi connectivity index (χ1v) is 6.84. The molecule has 0 saturated carbocycles. The summed E-state index contributed by atoms with van der Waals surface area (Å²) < 4.78 is 10.1. The van der Waals surface area contributed by atoms with Gasteiger partial charge < -0.3 is 20.5 Å². The largest absolute Gasteiger partial charge is 0.497 e. The van der Waals surface area contributed by atoms with E-state index < -0.39 is 0 Å². The lowest BCUT2D eigenvalue weighted by Gasteiger charge is -2.12. The van der Waals surface area contributed by atoms with Crippen LogP contribution in [0.4, 0.5) is 0 Å². The summed E-state index contributed by atoms with van der Waals surface area (Å²) >= 11 is 0. The van der Waals surface area contributed by atoms with Crippen LogP contribution in [0.5, 0.6) is 5.75 Å². The smallest absolute Gasteiger partial charge is 0.188 e. The Morgan fingerprint density at radius 2 is 1.95 bits per heavy atom. The predicted octanol–water partition coefficient (Wildman–Crippen LogP) is 2.19. The van der Waals surface area contributed by atoms with Crippen molar-refractivity contribution in [3.63, 3.8) is 0 Å². The molecule has 1 aromatic carbocycles. The maximum absolute atomic E-state index is 5.79. The second kappa shape index (κ2) is 11.6. The predicted molar refractivity (Wildman–Crippen MR) is 97.7 cm³/mol. The van der Waals surface area contributed by atoms with Gasteiger partial charge in [0.05, 0.1) is 13.7 Å². The van der Waals surface area contributed by atoms with E-state index in [1.54, 1.807) is 14.2 Å². The summed E-state index contributed by atoms with van der Waals surface area (Å²) in [6.45, 7) is 3.33. The Kier molecular flexibility index (Phi) is 11.1. The molecule has 1 aromatic rings. The summed E-state index contributed by atoms with van der Waals surface area (Å²) in [6.07, 6.45) is 1.95. The number of nitrogens with one attached hydrogen (secondary N) is 1. The lowest BCUT2D eigenvalue weighted by molar-refractivity contribution is 0.179. The highest BCUT2D eigenvalue weighted by molar-refractivity contribution is 14.0. The third kappa shape index (κ3) is 8.77. The van der Waals surface area contributed by atoms with Gasteiger partial charge in [-0.15, -0.1) is 24.0 Å². The molecule has 0 spiro atoms. The minimum atomic E-state index is 0. The van der Waals surface area contributed by atoms with Gasteiger partial charge in [-0.05, 0) is 37.5 Å². The highest BCUT2D eigenvalue weighted by Crippen LogP contribution is 2.12. The van der Waals surface area contributed by atoms with Gasteiger partial charge in [0.2, 0.25) is 0 Å². The van der Waals surface area contributed by atoms with Crippen molar-refractivity contribution in [1.29, 1.82) is 0 Å². The van der Waals surface area contributed by atoms with E-state index in [0.717, 1.165) is 18.6 Å². The number of hydrogen-bond acceptors (Lipinski definition) is 3. The van der Waals surface area contributed by atoms with E-state index in [9.17, 15) is 0 Å². The van der Waals surface area contributed by atoms with Crippen molar-refractivity contribution in [3.05, 3.63) is 29.8 Å². The van der Waals surface area contributed by atoms with Gasteiger partial charge in [0.25, 0.3) is 0 Å². The van der Waals surface area contributed by atoms with Crippen LogP contribution in [0.15, 0.2) is 29.3 Å². The average molecular weight is 407 g/mol. The summed E-state index contributed by atoms with van der Waals surface area (Å²) in [4.78, 5) is 4.30. The van der Waals surface area contributed by atoms with Crippen molar-refractivity contribution >= 4 is 29.9 Å². The fourth-order valence-electron chi connectivity index (χ4n) is 1.86.